The van der Waals surface area contributed by atoms with Gasteiger partial charge >= 0.3 is 0 Å². The van der Waals surface area contributed by atoms with Gasteiger partial charge in [-0.05, 0) is 44.0 Å². The summed E-state index contributed by atoms with van der Waals surface area (Å²) in [7, 11) is 3.76. The Morgan fingerprint density at radius 3 is 3.00 bits per heavy atom. The van der Waals surface area contributed by atoms with E-state index in [1.165, 1.54) is 11.1 Å². The van der Waals surface area contributed by atoms with Crippen LogP contribution in [0.1, 0.15) is 30.0 Å². The van der Waals surface area contributed by atoms with Gasteiger partial charge in [0.1, 0.15) is 5.75 Å². The number of terminal acetylenes is 1. The van der Waals surface area contributed by atoms with E-state index in [-0.39, 0.29) is 0 Å². The number of ether oxygens (including phenoxy) is 1. The van der Waals surface area contributed by atoms with Crippen molar-refractivity contribution in [1.82, 2.24) is 4.90 Å². The van der Waals surface area contributed by atoms with Gasteiger partial charge in [0.2, 0.25) is 0 Å². The second-order valence-corrected chi connectivity index (χ2v) is 5.08. The maximum absolute atomic E-state index is 6.38. The Bertz CT molecular complexity index is 478. The van der Waals surface area contributed by atoms with E-state index in [1.807, 2.05) is 12.1 Å². The molecule has 0 amide bonds. The summed E-state index contributed by atoms with van der Waals surface area (Å²) >= 11 is 6.38. The predicted molar refractivity (Wildman–Crippen MR) is 75.1 cm³/mol. The monoisotopic (exact) mass is 263 g/mol. The molecule has 0 saturated heterocycles. The first-order valence-corrected chi connectivity index (χ1v) is 6.55. The van der Waals surface area contributed by atoms with Gasteiger partial charge < -0.3 is 4.74 Å². The maximum Gasteiger partial charge on any atom is 0.122 e. The van der Waals surface area contributed by atoms with E-state index < -0.39 is 0 Å². The predicted octanol–water partition coefficient (Wildman–Crippen LogP) is 3.29. The highest BCUT2D eigenvalue weighted by atomic mass is 35.5. The van der Waals surface area contributed by atoms with Gasteiger partial charge in [0.25, 0.3) is 0 Å². The second-order valence-electron chi connectivity index (χ2n) is 4.67. The van der Waals surface area contributed by atoms with Crippen molar-refractivity contribution in [3.8, 4) is 18.1 Å². The fourth-order valence-corrected chi connectivity index (χ4v) is 3.04. The molecule has 0 radical (unpaired) electrons. The highest BCUT2D eigenvalue weighted by Gasteiger charge is 2.27. The minimum absolute atomic E-state index is 0.299. The van der Waals surface area contributed by atoms with Gasteiger partial charge in [0.05, 0.1) is 13.7 Å². The molecular formula is C15H18ClNO. The number of hydrogen-bond acceptors (Lipinski definition) is 2. The summed E-state index contributed by atoms with van der Waals surface area (Å²) in [5, 5.41) is 0.819. The molecule has 0 spiro atoms. The zero-order chi connectivity index (χ0) is 13.1. The van der Waals surface area contributed by atoms with Crippen molar-refractivity contribution in [3.63, 3.8) is 0 Å². The molecular weight excluding hydrogens is 246 g/mol. The Morgan fingerprint density at radius 2 is 2.33 bits per heavy atom. The summed E-state index contributed by atoms with van der Waals surface area (Å²) in [5.74, 6) is 3.63. The smallest absolute Gasteiger partial charge is 0.122 e. The Balaban J connectivity index is 2.45. The zero-order valence-electron chi connectivity index (χ0n) is 10.9. The van der Waals surface area contributed by atoms with Gasteiger partial charge in [-0.25, -0.2) is 0 Å². The minimum atomic E-state index is 0.299. The van der Waals surface area contributed by atoms with Crippen LogP contribution in [0.4, 0.5) is 0 Å². The van der Waals surface area contributed by atoms with Crippen molar-refractivity contribution >= 4 is 11.6 Å². The standard InChI is InChI=1S/C15H18ClNO/c1-4-10-17(2)13-7-5-6-11-14(18-3)9-8-12(16)15(11)13/h1,8-9,13H,5-7,10H2,2-3H3. The normalized spacial score (nSPS) is 18.3. The van der Waals surface area contributed by atoms with E-state index in [4.69, 9.17) is 22.8 Å². The first-order chi connectivity index (χ1) is 8.69. The summed E-state index contributed by atoms with van der Waals surface area (Å²) in [4.78, 5) is 2.18. The van der Waals surface area contributed by atoms with Crippen LogP contribution in [0.25, 0.3) is 0 Å². The van der Waals surface area contributed by atoms with E-state index in [1.54, 1.807) is 7.11 Å². The molecule has 18 heavy (non-hydrogen) atoms. The third-order valence-electron chi connectivity index (χ3n) is 3.59. The average Bonchev–Trinajstić information content (AvgIpc) is 2.39. The highest BCUT2D eigenvalue weighted by Crippen LogP contribution is 2.41. The third kappa shape index (κ3) is 2.34. The first-order valence-electron chi connectivity index (χ1n) is 6.18. The van der Waals surface area contributed by atoms with Gasteiger partial charge in [-0.3, -0.25) is 4.90 Å². The number of halogens is 1. The summed E-state index contributed by atoms with van der Waals surface area (Å²) in [5.41, 5.74) is 2.44. The third-order valence-corrected chi connectivity index (χ3v) is 3.92. The number of fused-ring (bicyclic) bond motifs is 1. The Labute approximate surface area is 114 Å². The molecule has 1 unspecified atom stereocenters. The molecule has 96 valence electrons. The van der Waals surface area contributed by atoms with Crippen molar-refractivity contribution in [3.05, 3.63) is 28.3 Å². The van der Waals surface area contributed by atoms with E-state index >= 15 is 0 Å². The topological polar surface area (TPSA) is 12.5 Å². The molecule has 2 rings (SSSR count). The van der Waals surface area contributed by atoms with Gasteiger partial charge in [-0.15, -0.1) is 6.42 Å². The van der Waals surface area contributed by atoms with Gasteiger partial charge in [-0.1, -0.05) is 17.5 Å². The largest absolute Gasteiger partial charge is 0.496 e. The molecule has 0 saturated carbocycles. The maximum atomic E-state index is 6.38. The van der Waals surface area contributed by atoms with E-state index in [0.29, 0.717) is 12.6 Å². The molecule has 3 heteroatoms. The zero-order valence-corrected chi connectivity index (χ0v) is 11.6. The summed E-state index contributed by atoms with van der Waals surface area (Å²) in [6, 6.07) is 4.17. The molecule has 0 aliphatic heterocycles. The molecule has 0 heterocycles. The van der Waals surface area contributed by atoms with Crippen molar-refractivity contribution in [2.45, 2.75) is 25.3 Å². The Kier molecular flexibility index (Phi) is 4.16. The second kappa shape index (κ2) is 5.65. The molecule has 1 aromatic rings. The van der Waals surface area contributed by atoms with E-state index in [0.717, 1.165) is 30.0 Å². The number of methoxy groups -OCH3 is 1. The van der Waals surface area contributed by atoms with E-state index in [2.05, 4.69) is 17.9 Å². The molecule has 1 aromatic carbocycles. The van der Waals surface area contributed by atoms with Crippen molar-refractivity contribution in [2.24, 2.45) is 0 Å². The number of nitrogens with zero attached hydrogens (tertiary/aromatic N) is 1. The molecule has 1 aliphatic carbocycles. The fraction of sp³-hybridized carbons (Fsp3) is 0.467. The minimum Gasteiger partial charge on any atom is -0.496 e. The van der Waals surface area contributed by atoms with Crippen LogP contribution in [0.15, 0.2) is 12.1 Å². The molecule has 0 N–H and O–H groups in total. The lowest BCUT2D eigenvalue weighted by Crippen LogP contribution is -2.28. The average molecular weight is 264 g/mol. The van der Waals surface area contributed by atoms with Crippen LogP contribution >= 0.6 is 11.6 Å². The lowest BCUT2D eigenvalue weighted by Gasteiger charge is -2.33. The first kappa shape index (κ1) is 13.3. The molecule has 1 atom stereocenters. The molecule has 0 aromatic heterocycles. The summed E-state index contributed by atoms with van der Waals surface area (Å²) in [6.45, 7) is 0.637. The van der Waals surface area contributed by atoms with Gasteiger partial charge in [0, 0.05) is 16.6 Å². The SMILES string of the molecule is C#CCN(C)C1CCCc2c(OC)ccc(Cl)c21. The highest BCUT2D eigenvalue weighted by molar-refractivity contribution is 6.31. The lowest BCUT2D eigenvalue weighted by molar-refractivity contribution is 0.245. The van der Waals surface area contributed by atoms with Crippen molar-refractivity contribution < 1.29 is 4.74 Å². The summed E-state index contributed by atoms with van der Waals surface area (Å²) in [6.07, 6.45) is 8.67. The van der Waals surface area contributed by atoms with Gasteiger partial charge in [-0.2, -0.15) is 0 Å². The molecule has 1 aliphatic rings. The number of hydrogen-bond donors (Lipinski definition) is 0. The van der Waals surface area contributed by atoms with Crippen molar-refractivity contribution in [1.29, 1.82) is 0 Å². The Hall–Kier alpha value is -1.17. The van der Waals surface area contributed by atoms with Crippen LogP contribution < -0.4 is 4.74 Å². The van der Waals surface area contributed by atoms with Crippen LogP contribution in [0.2, 0.25) is 5.02 Å². The molecule has 0 bridgehead atoms. The van der Waals surface area contributed by atoms with Crippen LogP contribution in [0.3, 0.4) is 0 Å². The molecule has 0 fully saturated rings. The van der Waals surface area contributed by atoms with Gasteiger partial charge in [0.15, 0.2) is 0 Å². The van der Waals surface area contributed by atoms with Crippen LogP contribution in [-0.2, 0) is 6.42 Å². The lowest BCUT2D eigenvalue weighted by atomic mass is 9.86. The number of benzene rings is 1. The van der Waals surface area contributed by atoms with Crippen LogP contribution in [0.5, 0.6) is 5.75 Å². The summed E-state index contributed by atoms with van der Waals surface area (Å²) < 4.78 is 5.44. The van der Waals surface area contributed by atoms with E-state index in [9.17, 15) is 0 Å². The van der Waals surface area contributed by atoms with Crippen LogP contribution in [0, 0.1) is 12.3 Å². The number of rotatable bonds is 3. The molecule has 2 nitrogen and oxygen atoms in total. The Morgan fingerprint density at radius 1 is 1.56 bits per heavy atom. The van der Waals surface area contributed by atoms with Crippen molar-refractivity contribution in [2.75, 3.05) is 20.7 Å². The van der Waals surface area contributed by atoms with Crippen LogP contribution in [-0.4, -0.2) is 25.6 Å². The quantitative estimate of drug-likeness (QED) is 0.776. The fourth-order valence-electron chi connectivity index (χ4n) is 2.74.